The number of rotatable bonds is 5. The third-order valence-electron chi connectivity index (χ3n) is 4.79. The van der Waals surface area contributed by atoms with Crippen molar-refractivity contribution in [1.82, 2.24) is 9.88 Å². The summed E-state index contributed by atoms with van der Waals surface area (Å²) in [6.07, 6.45) is 2.19. The second kappa shape index (κ2) is 6.88. The van der Waals surface area contributed by atoms with Gasteiger partial charge < -0.3 is 15.2 Å². The van der Waals surface area contributed by atoms with Crippen LogP contribution >= 0.6 is 11.6 Å². The van der Waals surface area contributed by atoms with Crippen LogP contribution < -0.4 is 10.6 Å². The maximum Gasteiger partial charge on any atom is 0.0637 e. The lowest BCUT2D eigenvalue weighted by atomic mass is 10.1. The first-order chi connectivity index (χ1) is 11.8. The highest BCUT2D eigenvalue weighted by molar-refractivity contribution is 6.33. The average molecular weight is 340 g/mol. The Balaban J connectivity index is 1.50. The van der Waals surface area contributed by atoms with Gasteiger partial charge in [-0.2, -0.15) is 0 Å². The maximum absolute atomic E-state index is 6.20. The zero-order valence-corrected chi connectivity index (χ0v) is 14.4. The van der Waals surface area contributed by atoms with E-state index in [2.05, 4.69) is 39.5 Å². The molecule has 2 heterocycles. The average Bonchev–Trinajstić information content (AvgIpc) is 2.94. The predicted molar refractivity (Wildman–Crippen MR) is 102 cm³/mol. The lowest BCUT2D eigenvalue weighted by Crippen LogP contribution is -2.25. The van der Waals surface area contributed by atoms with Gasteiger partial charge in [0.25, 0.3) is 0 Å². The molecule has 4 rings (SSSR count). The second-order valence-corrected chi connectivity index (χ2v) is 6.69. The SMILES string of the molecule is Clc1ccccc1NCCCn1c2c(c3ccccc31)CCNC2. The molecule has 0 aliphatic carbocycles. The summed E-state index contributed by atoms with van der Waals surface area (Å²) >= 11 is 6.20. The fourth-order valence-corrected chi connectivity index (χ4v) is 3.85. The van der Waals surface area contributed by atoms with Crippen molar-refractivity contribution in [2.24, 2.45) is 0 Å². The van der Waals surface area contributed by atoms with Crippen molar-refractivity contribution in [2.45, 2.75) is 25.9 Å². The molecule has 0 saturated heterocycles. The van der Waals surface area contributed by atoms with Crippen molar-refractivity contribution in [3.8, 4) is 0 Å². The Morgan fingerprint density at radius 1 is 1.08 bits per heavy atom. The van der Waals surface area contributed by atoms with Crippen LogP contribution in [0.2, 0.25) is 5.02 Å². The third kappa shape index (κ3) is 2.90. The summed E-state index contributed by atoms with van der Waals surface area (Å²) in [6.45, 7) is 3.99. The quantitative estimate of drug-likeness (QED) is 0.673. The van der Waals surface area contributed by atoms with Gasteiger partial charge in [-0.1, -0.05) is 41.9 Å². The van der Waals surface area contributed by atoms with E-state index in [-0.39, 0.29) is 0 Å². The molecule has 0 atom stereocenters. The first kappa shape index (κ1) is 15.6. The second-order valence-electron chi connectivity index (χ2n) is 6.28. The molecule has 3 aromatic rings. The van der Waals surface area contributed by atoms with E-state index < -0.39 is 0 Å². The standard InChI is InChI=1S/C20H22ClN3/c21-17-7-2-3-8-18(17)23-11-5-13-24-19-9-4-1-6-15(19)16-10-12-22-14-20(16)24/h1-4,6-9,22-23H,5,10-14H2. The summed E-state index contributed by atoms with van der Waals surface area (Å²) < 4.78 is 2.49. The molecule has 3 nitrogen and oxygen atoms in total. The van der Waals surface area contributed by atoms with E-state index in [4.69, 9.17) is 11.6 Å². The molecular weight excluding hydrogens is 318 g/mol. The van der Waals surface area contributed by atoms with Gasteiger partial charge in [0.2, 0.25) is 0 Å². The number of halogens is 1. The Hall–Kier alpha value is -1.97. The van der Waals surface area contributed by atoms with Crippen LogP contribution in [-0.2, 0) is 19.5 Å². The van der Waals surface area contributed by atoms with Crippen LogP contribution in [0, 0.1) is 0 Å². The van der Waals surface area contributed by atoms with Crippen LogP contribution in [0.1, 0.15) is 17.7 Å². The van der Waals surface area contributed by atoms with Crippen molar-refractivity contribution in [1.29, 1.82) is 0 Å². The van der Waals surface area contributed by atoms with Crippen LogP contribution in [0.3, 0.4) is 0 Å². The predicted octanol–water partition coefficient (Wildman–Crippen LogP) is 4.44. The van der Waals surface area contributed by atoms with Gasteiger partial charge >= 0.3 is 0 Å². The van der Waals surface area contributed by atoms with E-state index in [1.54, 1.807) is 0 Å². The normalized spacial score (nSPS) is 13.9. The fourth-order valence-electron chi connectivity index (χ4n) is 3.65. The topological polar surface area (TPSA) is 29.0 Å². The molecule has 0 bridgehead atoms. The minimum absolute atomic E-state index is 0.783. The number of hydrogen-bond acceptors (Lipinski definition) is 2. The van der Waals surface area contributed by atoms with Crippen molar-refractivity contribution in [2.75, 3.05) is 18.4 Å². The Labute approximate surface area is 147 Å². The minimum Gasteiger partial charge on any atom is -0.384 e. The van der Waals surface area contributed by atoms with E-state index in [0.29, 0.717) is 0 Å². The molecule has 0 amide bonds. The van der Waals surface area contributed by atoms with Crippen LogP contribution in [0.4, 0.5) is 5.69 Å². The largest absolute Gasteiger partial charge is 0.384 e. The number of nitrogens with one attached hydrogen (secondary N) is 2. The van der Waals surface area contributed by atoms with Gasteiger partial charge in [0.05, 0.1) is 10.7 Å². The van der Waals surface area contributed by atoms with Gasteiger partial charge in [0, 0.05) is 36.2 Å². The summed E-state index contributed by atoms with van der Waals surface area (Å²) in [5.74, 6) is 0. The molecule has 124 valence electrons. The molecule has 2 aromatic carbocycles. The molecular formula is C20H22ClN3. The van der Waals surface area contributed by atoms with Crippen LogP contribution in [0.15, 0.2) is 48.5 Å². The first-order valence-corrected chi connectivity index (χ1v) is 9.00. The lowest BCUT2D eigenvalue weighted by molar-refractivity contribution is 0.576. The number of hydrogen-bond donors (Lipinski definition) is 2. The molecule has 0 spiro atoms. The van der Waals surface area contributed by atoms with Gasteiger partial charge in [0.15, 0.2) is 0 Å². The number of aromatic nitrogens is 1. The van der Waals surface area contributed by atoms with Crippen LogP contribution in [0.5, 0.6) is 0 Å². The smallest absolute Gasteiger partial charge is 0.0637 e. The highest BCUT2D eigenvalue weighted by Gasteiger charge is 2.18. The summed E-state index contributed by atoms with van der Waals surface area (Å²) in [5, 5.41) is 9.16. The van der Waals surface area contributed by atoms with Crippen LogP contribution in [0.25, 0.3) is 10.9 Å². The highest BCUT2D eigenvalue weighted by atomic mass is 35.5. The van der Waals surface area contributed by atoms with Gasteiger partial charge in [-0.25, -0.2) is 0 Å². The van der Waals surface area contributed by atoms with Gasteiger partial charge in [-0.3, -0.25) is 0 Å². The van der Waals surface area contributed by atoms with Crippen molar-refractivity contribution in [3.63, 3.8) is 0 Å². The zero-order valence-electron chi connectivity index (χ0n) is 13.7. The third-order valence-corrected chi connectivity index (χ3v) is 5.12. The number of aryl methyl sites for hydroxylation is 1. The Morgan fingerprint density at radius 2 is 1.92 bits per heavy atom. The van der Waals surface area contributed by atoms with E-state index in [1.165, 1.54) is 22.2 Å². The molecule has 2 N–H and O–H groups in total. The zero-order chi connectivity index (χ0) is 16.4. The summed E-state index contributed by atoms with van der Waals surface area (Å²) in [6, 6.07) is 16.7. The summed E-state index contributed by atoms with van der Waals surface area (Å²) in [7, 11) is 0. The molecule has 0 radical (unpaired) electrons. The fraction of sp³-hybridized carbons (Fsp3) is 0.300. The molecule has 24 heavy (non-hydrogen) atoms. The Kier molecular flexibility index (Phi) is 4.46. The summed E-state index contributed by atoms with van der Waals surface area (Å²) in [4.78, 5) is 0. The molecule has 4 heteroatoms. The number of para-hydroxylation sites is 2. The maximum atomic E-state index is 6.20. The van der Waals surface area contributed by atoms with Gasteiger partial charge in [-0.05, 0) is 43.1 Å². The van der Waals surface area contributed by atoms with Gasteiger partial charge in [0.1, 0.15) is 0 Å². The lowest BCUT2D eigenvalue weighted by Gasteiger charge is -2.17. The Morgan fingerprint density at radius 3 is 2.83 bits per heavy atom. The molecule has 1 aliphatic heterocycles. The number of benzene rings is 2. The first-order valence-electron chi connectivity index (χ1n) is 8.62. The Bertz CT molecular complexity index is 853. The number of nitrogens with zero attached hydrogens (tertiary/aromatic N) is 1. The minimum atomic E-state index is 0.783. The van der Waals surface area contributed by atoms with Crippen LogP contribution in [-0.4, -0.2) is 17.7 Å². The number of fused-ring (bicyclic) bond motifs is 3. The monoisotopic (exact) mass is 339 g/mol. The van der Waals surface area contributed by atoms with Crippen molar-refractivity contribution < 1.29 is 0 Å². The molecule has 1 aromatic heterocycles. The molecule has 0 unspecified atom stereocenters. The molecule has 0 fully saturated rings. The van der Waals surface area contributed by atoms with Gasteiger partial charge in [-0.15, -0.1) is 0 Å². The van der Waals surface area contributed by atoms with Crippen molar-refractivity contribution >= 4 is 28.2 Å². The van der Waals surface area contributed by atoms with E-state index in [9.17, 15) is 0 Å². The summed E-state index contributed by atoms with van der Waals surface area (Å²) in [5.41, 5.74) is 5.37. The highest BCUT2D eigenvalue weighted by Crippen LogP contribution is 2.29. The van der Waals surface area contributed by atoms with E-state index in [1.807, 2.05) is 24.3 Å². The molecule has 0 saturated carbocycles. The number of anilines is 1. The van der Waals surface area contributed by atoms with E-state index in [0.717, 1.165) is 49.7 Å². The van der Waals surface area contributed by atoms with Crippen molar-refractivity contribution in [3.05, 3.63) is 64.8 Å². The van der Waals surface area contributed by atoms with E-state index >= 15 is 0 Å². The molecule has 1 aliphatic rings.